The van der Waals surface area contributed by atoms with E-state index in [0.29, 0.717) is 16.5 Å². The molecule has 0 unspecified atom stereocenters. The number of carbonyl (C=O) groups excluding carboxylic acids is 1. The Morgan fingerprint density at radius 1 is 1.08 bits per heavy atom. The average Bonchev–Trinajstić information content (AvgIpc) is 3.06. The largest absolute Gasteiger partial charge is 0.273 e. The van der Waals surface area contributed by atoms with E-state index in [4.69, 9.17) is 23.2 Å². The van der Waals surface area contributed by atoms with Gasteiger partial charge in [0.1, 0.15) is 0 Å². The fraction of sp³-hybridized carbons (Fsp3) is 0.143. The average molecular weight is 383 g/mol. The fourth-order valence-corrected chi connectivity index (χ4v) is 3.99. The quantitative estimate of drug-likeness (QED) is 0.547. The Morgan fingerprint density at radius 3 is 2.62 bits per heavy atom. The summed E-state index contributed by atoms with van der Waals surface area (Å²) in [6, 6.07) is 19.4. The van der Waals surface area contributed by atoms with Crippen molar-refractivity contribution in [1.29, 1.82) is 0 Å². The van der Waals surface area contributed by atoms with E-state index in [1.165, 1.54) is 11.9 Å². The molecule has 3 nitrogen and oxygen atoms in total. The molecule has 26 heavy (non-hydrogen) atoms. The summed E-state index contributed by atoms with van der Waals surface area (Å²) in [4.78, 5) is 12.2. The van der Waals surface area contributed by atoms with Crippen LogP contribution in [0.1, 0.15) is 30.5 Å². The Labute approximate surface area is 161 Å². The molecule has 0 saturated carbocycles. The predicted molar refractivity (Wildman–Crippen MR) is 107 cm³/mol. The van der Waals surface area contributed by atoms with Crippen LogP contribution in [0.3, 0.4) is 0 Å². The van der Waals surface area contributed by atoms with Gasteiger partial charge in [-0.3, -0.25) is 4.79 Å². The molecule has 0 saturated heterocycles. The summed E-state index contributed by atoms with van der Waals surface area (Å²) < 4.78 is 0. The second kappa shape index (κ2) is 6.75. The van der Waals surface area contributed by atoms with Gasteiger partial charge in [-0.25, -0.2) is 5.01 Å². The Bertz CT molecular complexity index is 1040. The molecule has 130 valence electrons. The number of hydrazone groups is 1. The van der Waals surface area contributed by atoms with Gasteiger partial charge in [0.15, 0.2) is 0 Å². The molecule has 0 fully saturated rings. The van der Waals surface area contributed by atoms with Gasteiger partial charge >= 0.3 is 0 Å². The first kappa shape index (κ1) is 17.1. The highest BCUT2D eigenvalue weighted by Crippen LogP contribution is 2.38. The summed E-state index contributed by atoms with van der Waals surface area (Å²) in [6.07, 6.45) is 0.606. The minimum atomic E-state index is -0.230. The van der Waals surface area contributed by atoms with Gasteiger partial charge in [-0.1, -0.05) is 71.7 Å². The van der Waals surface area contributed by atoms with Gasteiger partial charge in [0.2, 0.25) is 5.91 Å². The van der Waals surface area contributed by atoms with Crippen LogP contribution in [-0.4, -0.2) is 16.6 Å². The van der Waals surface area contributed by atoms with Gasteiger partial charge in [-0.2, -0.15) is 5.10 Å². The van der Waals surface area contributed by atoms with E-state index in [9.17, 15) is 4.79 Å². The smallest absolute Gasteiger partial charge is 0.240 e. The molecule has 0 radical (unpaired) electrons. The number of amides is 1. The van der Waals surface area contributed by atoms with Gasteiger partial charge in [-0.05, 0) is 28.5 Å². The third-order valence-corrected chi connectivity index (χ3v) is 5.22. The standard InChI is InChI=1S/C21H16Cl2N2O/c1-13(26)25-21(18-10-9-15(22)11-19(18)23)12-20(24-25)17-8-4-6-14-5-2-3-7-16(14)17/h2-11,21H,12H2,1H3/t21-/m0/s1. The molecule has 1 amide bonds. The maximum Gasteiger partial charge on any atom is 0.240 e. The van der Waals surface area contributed by atoms with E-state index in [0.717, 1.165) is 27.6 Å². The minimum absolute atomic E-state index is 0.115. The van der Waals surface area contributed by atoms with Gasteiger partial charge in [0.05, 0.1) is 11.8 Å². The predicted octanol–water partition coefficient (Wildman–Crippen LogP) is 5.84. The van der Waals surface area contributed by atoms with Crippen molar-refractivity contribution >= 4 is 45.6 Å². The molecule has 0 spiro atoms. The molecule has 1 aliphatic heterocycles. The second-order valence-electron chi connectivity index (χ2n) is 6.32. The number of nitrogens with zero attached hydrogens (tertiary/aromatic N) is 2. The first-order valence-corrected chi connectivity index (χ1v) is 9.10. The molecular formula is C21H16Cl2N2O. The molecule has 5 heteroatoms. The fourth-order valence-electron chi connectivity index (χ4n) is 3.45. The van der Waals surface area contributed by atoms with Crippen molar-refractivity contribution in [2.45, 2.75) is 19.4 Å². The number of fused-ring (bicyclic) bond motifs is 1. The van der Waals surface area contributed by atoms with Crippen molar-refractivity contribution in [3.63, 3.8) is 0 Å². The third kappa shape index (κ3) is 2.98. The number of hydrogen-bond acceptors (Lipinski definition) is 2. The molecule has 1 atom stereocenters. The van der Waals surface area contributed by atoms with Crippen LogP contribution in [0.4, 0.5) is 0 Å². The van der Waals surface area contributed by atoms with Gasteiger partial charge in [0.25, 0.3) is 0 Å². The summed E-state index contributed by atoms with van der Waals surface area (Å²) in [6.45, 7) is 1.52. The molecule has 1 aliphatic rings. The lowest BCUT2D eigenvalue weighted by atomic mass is 9.95. The molecule has 0 N–H and O–H groups in total. The zero-order chi connectivity index (χ0) is 18.3. The van der Waals surface area contributed by atoms with Crippen molar-refractivity contribution in [1.82, 2.24) is 5.01 Å². The summed E-state index contributed by atoms with van der Waals surface area (Å²) in [5, 5.41) is 9.55. The Balaban J connectivity index is 1.79. The summed E-state index contributed by atoms with van der Waals surface area (Å²) in [5.74, 6) is -0.115. The maximum atomic E-state index is 12.2. The minimum Gasteiger partial charge on any atom is -0.273 e. The van der Waals surface area contributed by atoms with Crippen molar-refractivity contribution in [2.75, 3.05) is 0 Å². The maximum absolute atomic E-state index is 12.2. The van der Waals surface area contributed by atoms with Crippen molar-refractivity contribution in [2.24, 2.45) is 5.10 Å². The van der Waals surface area contributed by atoms with Gasteiger partial charge < -0.3 is 0 Å². The molecule has 4 rings (SSSR count). The lowest BCUT2D eigenvalue weighted by molar-refractivity contribution is -0.130. The molecule has 3 aromatic carbocycles. The number of rotatable bonds is 2. The van der Waals surface area contributed by atoms with Crippen LogP contribution >= 0.6 is 23.2 Å². The zero-order valence-electron chi connectivity index (χ0n) is 14.1. The molecular weight excluding hydrogens is 367 g/mol. The van der Waals surface area contributed by atoms with Crippen LogP contribution in [0.2, 0.25) is 10.0 Å². The van der Waals surface area contributed by atoms with Crippen LogP contribution in [0.5, 0.6) is 0 Å². The summed E-state index contributed by atoms with van der Waals surface area (Å²) >= 11 is 12.4. The molecule has 3 aromatic rings. The monoisotopic (exact) mass is 382 g/mol. The normalized spacial score (nSPS) is 16.8. The van der Waals surface area contributed by atoms with Crippen molar-refractivity contribution in [3.05, 3.63) is 81.8 Å². The lowest BCUT2D eigenvalue weighted by Gasteiger charge is -2.21. The van der Waals surface area contributed by atoms with Crippen LogP contribution in [0.25, 0.3) is 10.8 Å². The lowest BCUT2D eigenvalue weighted by Crippen LogP contribution is -2.24. The van der Waals surface area contributed by atoms with Crippen LogP contribution in [0, 0.1) is 0 Å². The van der Waals surface area contributed by atoms with E-state index < -0.39 is 0 Å². The van der Waals surface area contributed by atoms with E-state index in [1.54, 1.807) is 12.1 Å². The van der Waals surface area contributed by atoms with Crippen LogP contribution in [0.15, 0.2) is 65.8 Å². The number of hydrogen-bond donors (Lipinski definition) is 0. The van der Waals surface area contributed by atoms with E-state index in [1.807, 2.05) is 30.3 Å². The topological polar surface area (TPSA) is 32.7 Å². The Morgan fingerprint density at radius 2 is 1.85 bits per heavy atom. The highest BCUT2D eigenvalue weighted by molar-refractivity contribution is 6.35. The summed E-state index contributed by atoms with van der Waals surface area (Å²) in [5.41, 5.74) is 2.78. The van der Waals surface area contributed by atoms with Crippen LogP contribution in [-0.2, 0) is 4.79 Å². The first-order valence-electron chi connectivity index (χ1n) is 8.35. The molecule has 0 aromatic heterocycles. The number of benzene rings is 3. The SMILES string of the molecule is CC(=O)N1N=C(c2cccc3ccccc23)C[C@H]1c1ccc(Cl)cc1Cl. The van der Waals surface area contributed by atoms with E-state index >= 15 is 0 Å². The molecule has 0 aliphatic carbocycles. The Hall–Kier alpha value is -2.36. The third-order valence-electron chi connectivity index (χ3n) is 4.66. The van der Waals surface area contributed by atoms with Crippen molar-refractivity contribution in [3.8, 4) is 0 Å². The molecule has 1 heterocycles. The van der Waals surface area contributed by atoms with Crippen LogP contribution < -0.4 is 0 Å². The number of carbonyl (C=O) groups is 1. The Kier molecular flexibility index (Phi) is 4.43. The zero-order valence-corrected chi connectivity index (χ0v) is 15.6. The van der Waals surface area contributed by atoms with E-state index in [2.05, 4.69) is 23.3 Å². The highest BCUT2D eigenvalue weighted by atomic mass is 35.5. The van der Waals surface area contributed by atoms with Gasteiger partial charge in [-0.15, -0.1) is 0 Å². The highest BCUT2D eigenvalue weighted by Gasteiger charge is 2.33. The molecule has 0 bridgehead atoms. The first-order chi connectivity index (χ1) is 12.5. The van der Waals surface area contributed by atoms with Gasteiger partial charge in [0, 0.05) is 29.0 Å². The number of halogens is 2. The second-order valence-corrected chi connectivity index (χ2v) is 7.17. The summed E-state index contributed by atoms with van der Waals surface area (Å²) in [7, 11) is 0. The van der Waals surface area contributed by atoms with Crippen molar-refractivity contribution < 1.29 is 4.79 Å². The van der Waals surface area contributed by atoms with E-state index in [-0.39, 0.29) is 11.9 Å².